The van der Waals surface area contributed by atoms with Crippen molar-refractivity contribution in [1.29, 1.82) is 0 Å². The molecule has 6 nitrogen and oxygen atoms in total. The van der Waals surface area contributed by atoms with E-state index in [0.29, 0.717) is 12.5 Å². The lowest BCUT2D eigenvalue weighted by Gasteiger charge is -2.32. The molecule has 27 heavy (non-hydrogen) atoms. The first-order valence-electron chi connectivity index (χ1n) is 9.61. The van der Waals surface area contributed by atoms with Crippen molar-refractivity contribution < 1.29 is 8.78 Å². The molecular formula is C19H25F2N5O. The molecule has 0 unspecified atom stereocenters. The molecule has 0 saturated carbocycles. The highest BCUT2D eigenvalue weighted by atomic mass is 19.3. The summed E-state index contributed by atoms with van der Waals surface area (Å²) in [5.74, 6) is 0.371. The Morgan fingerprint density at radius 3 is 2.74 bits per heavy atom. The van der Waals surface area contributed by atoms with Gasteiger partial charge in [0.2, 0.25) is 0 Å². The molecule has 3 heterocycles. The number of rotatable bonds is 5. The van der Waals surface area contributed by atoms with Crippen LogP contribution >= 0.6 is 0 Å². The van der Waals surface area contributed by atoms with Crippen molar-refractivity contribution in [3.63, 3.8) is 0 Å². The van der Waals surface area contributed by atoms with Gasteiger partial charge in [-0.25, -0.2) is 13.8 Å². The van der Waals surface area contributed by atoms with Crippen LogP contribution in [0.3, 0.4) is 0 Å². The molecule has 0 aromatic carbocycles. The number of aromatic nitrogens is 4. The zero-order valence-corrected chi connectivity index (χ0v) is 15.6. The molecule has 146 valence electrons. The van der Waals surface area contributed by atoms with E-state index in [2.05, 4.69) is 15.0 Å². The zero-order valence-electron chi connectivity index (χ0n) is 15.6. The summed E-state index contributed by atoms with van der Waals surface area (Å²) in [7, 11) is 2.03. The third-order valence-electron chi connectivity index (χ3n) is 5.86. The summed E-state index contributed by atoms with van der Waals surface area (Å²) in [6.07, 6.45) is 3.98. The number of hydrogen-bond acceptors (Lipinski definition) is 4. The number of alkyl halides is 2. The number of fused-ring (bicyclic) bond motifs is 1. The first-order chi connectivity index (χ1) is 13.0. The summed E-state index contributed by atoms with van der Waals surface area (Å²) < 4.78 is 28.7. The van der Waals surface area contributed by atoms with Gasteiger partial charge in [-0.1, -0.05) is 0 Å². The minimum Gasteiger partial charge on any atom is -0.299 e. The molecule has 2 aromatic rings. The monoisotopic (exact) mass is 377 g/mol. The smallest absolute Gasteiger partial charge is 0.280 e. The largest absolute Gasteiger partial charge is 0.299 e. The van der Waals surface area contributed by atoms with Crippen LogP contribution in [0.4, 0.5) is 8.78 Å². The predicted molar refractivity (Wildman–Crippen MR) is 96.7 cm³/mol. The summed E-state index contributed by atoms with van der Waals surface area (Å²) in [4.78, 5) is 18.2. The molecule has 2 aliphatic rings. The Morgan fingerprint density at radius 1 is 1.26 bits per heavy atom. The van der Waals surface area contributed by atoms with E-state index in [1.54, 1.807) is 0 Å². The van der Waals surface area contributed by atoms with Crippen molar-refractivity contribution in [3.8, 4) is 0 Å². The fourth-order valence-electron chi connectivity index (χ4n) is 4.30. The Balaban J connectivity index is 1.34. The second-order valence-corrected chi connectivity index (χ2v) is 7.67. The molecule has 0 radical (unpaired) electrons. The van der Waals surface area contributed by atoms with Crippen LogP contribution in [0, 0.1) is 5.92 Å². The van der Waals surface area contributed by atoms with E-state index in [1.165, 1.54) is 34.3 Å². The standard InChI is InChI=1S/C19H25F2N5O/c1-24-17(14-3-2-4-15(14)23-24)11-25-7-5-13(6-8-25)10-26-12-22-16(19(20)21)9-18(26)27/h9,12-13,19H,2-8,10-11H2,1H3. The highest BCUT2D eigenvalue weighted by Crippen LogP contribution is 2.27. The van der Waals surface area contributed by atoms with Crippen LogP contribution in [0.15, 0.2) is 17.2 Å². The molecule has 1 fully saturated rings. The predicted octanol–water partition coefficient (Wildman–Crippen LogP) is 2.32. The van der Waals surface area contributed by atoms with Crippen molar-refractivity contribution in [3.05, 3.63) is 45.4 Å². The van der Waals surface area contributed by atoms with Gasteiger partial charge in [0, 0.05) is 26.2 Å². The molecule has 8 heteroatoms. The van der Waals surface area contributed by atoms with Gasteiger partial charge >= 0.3 is 0 Å². The van der Waals surface area contributed by atoms with Crippen molar-refractivity contribution in [1.82, 2.24) is 24.2 Å². The van der Waals surface area contributed by atoms with Crippen molar-refractivity contribution in [2.75, 3.05) is 13.1 Å². The van der Waals surface area contributed by atoms with Crippen LogP contribution in [0.2, 0.25) is 0 Å². The maximum absolute atomic E-state index is 12.6. The average molecular weight is 377 g/mol. The number of halogens is 2. The summed E-state index contributed by atoms with van der Waals surface area (Å²) in [6, 6.07) is 0.947. The van der Waals surface area contributed by atoms with Gasteiger partial charge in [0.1, 0.15) is 5.69 Å². The van der Waals surface area contributed by atoms with Crippen molar-refractivity contribution in [2.24, 2.45) is 13.0 Å². The normalized spacial score (nSPS) is 18.4. The van der Waals surface area contributed by atoms with Gasteiger partial charge < -0.3 is 0 Å². The van der Waals surface area contributed by atoms with Crippen LogP contribution in [-0.4, -0.2) is 37.3 Å². The lowest BCUT2D eigenvalue weighted by molar-refractivity contribution is 0.144. The highest BCUT2D eigenvalue weighted by molar-refractivity contribution is 5.30. The van der Waals surface area contributed by atoms with E-state index >= 15 is 0 Å². The van der Waals surface area contributed by atoms with Gasteiger partial charge in [-0.2, -0.15) is 5.10 Å². The highest BCUT2D eigenvalue weighted by Gasteiger charge is 2.25. The van der Waals surface area contributed by atoms with Gasteiger partial charge in [-0.15, -0.1) is 0 Å². The van der Waals surface area contributed by atoms with Gasteiger partial charge in [-0.05, 0) is 56.7 Å². The number of likely N-dealkylation sites (tertiary alicyclic amines) is 1. The van der Waals surface area contributed by atoms with Crippen LogP contribution in [0.25, 0.3) is 0 Å². The molecule has 0 bridgehead atoms. The second kappa shape index (κ2) is 7.50. The third-order valence-corrected chi connectivity index (χ3v) is 5.86. The SMILES string of the molecule is Cn1nc2c(c1CN1CCC(Cn3cnc(C(F)F)cc3=O)CC1)CCC2. The molecule has 1 saturated heterocycles. The summed E-state index contributed by atoms with van der Waals surface area (Å²) in [5, 5.41) is 4.65. The molecule has 1 aliphatic heterocycles. The maximum atomic E-state index is 12.6. The molecule has 0 spiro atoms. The van der Waals surface area contributed by atoms with E-state index in [1.807, 2.05) is 11.7 Å². The first kappa shape index (κ1) is 18.3. The Morgan fingerprint density at radius 2 is 2.04 bits per heavy atom. The molecule has 0 amide bonds. The summed E-state index contributed by atoms with van der Waals surface area (Å²) in [6.45, 7) is 3.42. The van der Waals surface area contributed by atoms with Gasteiger partial charge in [0.05, 0.1) is 17.7 Å². The molecule has 1 aliphatic carbocycles. The fourth-order valence-corrected chi connectivity index (χ4v) is 4.30. The van der Waals surface area contributed by atoms with Crippen molar-refractivity contribution >= 4 is 0 Å². The quantitative estimate of drug-likeness (QED) is 0.803. The summed E-state index contributed by atoms with van der Waals surface area (Å²) >= 11 is 0. The molecule has 4 rings (SSSR count). The van der Waals surface area contributed by atoms with E-state index in [9.17, 15) is 13.6 Å². The molecule has 2 aromatic heterocycles. The Labute approximate surface area is 156 Å². The topological polar surface area (TPSA) is 56.0 Å². The van der Waals surface area contributed by atoms with E-state index in [4.69, 9.17) is 0 Å². The Hall–Kier alpha value is -2.09. The molecular weight excluding hydrogens is 352 g/mol. The third kappa shape index (κ3) is 3.81. The lowest BCUT2D eigenvalue weighted by atomic mass is 9.96. The Kier molecular flexibility index (Phi) is 5.08. The van der Waals surface area contributed by atoms with Crippen LogP contribution in [0.1, 0.15) is 48.3 Å². The lowest BCUT2D eigenvalue weighted by Crippen LogP contribution is -2.36. The first-order valence-corrected chi connectivity index (χ1v) is 9.61. The number of hydrogen-bond donors (Lipinski definition) is 0. The molecule has 0 atom stereocenters. The van der Waals surface area contributed by atoms with E-state index in [0.717, 1.165) is 51.4 Å². The van der Waals surface area contributed by atoms with Crippen LogP contribution in [-0.2, 0) is 33.0 Å². The molecule has 0 N–H and O–H groups in total. The van der Waals surface area contributed by atoms with Crippen LogP contribution < -0.4 is 5.56 Å². The zero-order chi connectivity index (χ0) is 19.0. The van der Waals surface area contributed by atoms with Gasteiger partial charge in [-0.3, -0.25) is 18.9 Å². The summed E-state index contributed by atoms with van der Waals surface area (Å²) in [5.41, 5.74) is 3.20. The van der Waals surface area contributed by atoms with Gasteiger partial charge in [0.25, 0.3) is 12.0 Å². The van der Waals surface area contributed by atoms with E-state index < -0.39 is 17.7 Å². The number of nitrogens with zero attached hydrogens (tertiary/aromatic N) is 5. The van der Waals surface area contributed by atoms with Crippen molar-refractivity contribution in [2.45, 2.75) is 51.6 Å². The van der Waals surface area contributed by atoms with E-state index in [-0.39, 0.29) is 0 Å². The fraction of sp³-hybridized carbons (Fsp3) is 0.632. The second-order valence-electron chi connectivity index (χ2n) is 7.67. The number of piperidine rings is 1. The maximum Gasteiger partial charge on any atom is 0.280 e. The average Bonchev–Trinajstić information content (AvgIpc) is 3.20. The number of aryl methyl sites for hydroxylation is 2. The minimum absolute atomic E-state index is 0.371. The Bertz CT molecular complexity index is 867. The minimum atomic E-state index is -2.70. The van der Waals surface area contributed by atoms with Crippen LogP contribution in [0.5, 0.6) is 0 Å². The van der Waals surface area contributed by atoms with Gasteiger partial charge in [0.15, 0.2) is 0 Å².